The first kappa shape index (κ1) is 13.9. The molecule has 5 nitrogen and oxygen atoms in total. The molecule has 3 rings (SSSR count). The van der Waals surface area contributed by atoms with Crippen LogP contribution >= 0.6 is 0 Å². The third-order valence-electron chi connectivity index (χ3n) is 5.12. The summed E-state index contributed by atoms with van der Waals surface area (Å²) in [4.78, 5) is 28.9. The summed E-state index contributed by atoms with van der Waals surface area (Å²) >= 11 is 0. The van der Waals surface area contributed by atoms with Crippen LogP contribution in [0.3, 0.4) is 0 Å². The Bertz CT molecular complexity index is 412. The van der Waals surface area contributed by atoms with Gasteiger partial charge in [-0.1, -0.05) is 6.92 Å². The zero-order chi connectivity index (χ0) is 14.3. The quantitative estimate of drug-likeness (QED) is 0.775. The molecule has 0 aromatic carbocycles. The fraction of sp³-hybridized carbons (Fsp3) is 0.867. The molecule has 0 saturated carbocycles. The molecule has 0 radical (unpaired) electrons. The van der Waals surface area contributed by atoms with E-state index < -0.39 is 0 Å². The largest absolute Gasteiger partial charge is 0.378 e. The normalized spacial score (nSPS) is 37.7. The third-order valence-corrected chi connectivity index (χ3v) is 5.12. The topological polar surface area (TPSA) is 49.9 Å². The highest BCUT2D eigenvalue weighted by molar-refractivity contribution is 5.97. The monoisotopic (exact) mass is 280 g/mol. The van der Waals surface area contributed by atoms with E-state index in [4.69, 9.17) is 4.74 Å². The van der Waals surface area contributed by atoms with Crippen LogP contribution in [0.4, 0.5) is 0 Å². The molecule has 3 heterocycles. The molecule has 0 aromatic heterocycles. The molecule has 20 heavy (non-hydrogen) atoms. The molecular formula is C15H24N2O3. The van der Waals surface area contributed by atoms with Gasteiger partial charge in [0.15, 0.2) is 0 Å². The highest BCUT2D eigenvalue weighted by atomic mass is 16.5. The minimum atomic E-state index is -0.260. The molecule has 3 aliphatic rings. The van der Waals surface area contributed by atoms with Crippen LogP contribution < -0.4 is 0 Å². The van der Waals surface area contributed by atoms with Crippen molar-refractivity contribution in [3.8, 4) is 0 Å². The maximum atomic E-state index is 12.7. The number of carbonyl (C=O) groups is 2. The first-order valence-electron chi connectivity index (χ1n) is 7.86. The van der Waals surface area contributed by atoms with E-state index in [1.165, 1.54) is 0 Å². The molecule has 0 spiro atoms. The lowest BCUT2D eigenvalue weighted by Crippen LogP contribution is -2.63. The van der Waals surface area contributed by atoms with E-state index in [2.05, 4.69) is 6.92 Å². The Morgan fingerprint density at radius 3 is 2.70 bits per heavy atom. The average Bonchev–Trinajstić information content (AvgIpc) is 3.06. The average molecular weight is 280 g/mol. The van der Waals surface area contributed by atoms with Gasteiger partial charge in [-0.2, -0.15) is 0 Å². The molecule has 2 amide bonds. The van der Waals surface area contributed by atoms with Crippen LogP contribution in [0, 0.1) is 5.92 Å². The predicted molar refractivity (Wildman–Crippen MR) is 74.0 cm³/mol. The number of hydrogen-bond donors (Lipinski definition) is 0. The van der Waals surface area contributed by atoms with Crippen molar-refractivity contribution in [2.75, 3.05) is 19.7 Å². The van der Waals surface area contributed by atoms with E-state index in [0.717, 1.165) is 32.4 Å². The molecule has 112 valence electrons. The molecule has 0 bridgehead atoms. The first-order valence-corrected chi connectivity index (χ1v) is 7.86. The minimum Gasteiger partial charge on any atom is -0.378 e. The van der Waals surface area contributed by atoms with Gasteiger partial charge in [-0.25, -0.2) is 0 Å². The maximum Gasteiger partial charge on any atom is 0.246 e. The van der Waals surface area contributed by atoms with Crippen LogP contribution in [0.1, 0.15) is 39.5 Å². The van der Waals surface area contributed by atoms with Gasteiger partial charge in [0.05, 0.1) is 6.10 Å². The van der Waals surface area contributed by atoms with E-state index in [9.17, 15) is 9.59 Å². The molecular weight excluding hydrogens is 256 g/mol. The second-order valence-electron chi connectivity index (χ2n) is 6.23. The second kappa shape index (κ2) is 5.35. The third kappa shape index (κ3) is 2.12. The van der Waals surface area contributed by atoms with Gasteiger partial charge in [0.25, 0.3) is 0 Å². The number of rotatable bonds is 3. The Kier molecular flexibility index (Phi) is 3.71. The standard InChI is InChI=1S/C15H24N2O3/c1-3-12-14(18)16-7-4-5-13(16)15(19)17(12)9-11-6-8-20-10(11)2/h10-13H,3-9H2,1-2H3. The summed E-state index contributed by atoms with van der Waals surface area (Å²) in [7, 11) is 0. The van der Waals surface area contributed by atoms with Crippen molar-refractivity contribution in [3.05, 3.63) is 0 Å². The lowest BCUT2D eigenvalue weighted by molar-refractivity contribution is -0.160. The van der Waals surface area contributed by atoms with Gasteiger partial charge in [-0.3, -0.25) is 9.59 Å². The number of piperazine rings is 1. The van der Waals surface area contributed by atoms with Crippen LogP contribution in [0.5, 0.6) is 0 Å². The highest BCUT2D eigenvalue weighted by Crippen LogP contribution is 2.30. The lowest BCUT2D eigenvalue weighted by Gasteiger charge is -2.43. The van der Waals surface area contributed by atoms with Crippen molar-refractivity contribution in [2.24, 2.45) is 5.92 Å². The first-order chi connectivity index (χ1) is 9.63. The van der Waals surface area contributed by atoms with Gasteiger partial charge in [-0.15, -0.1) is 0 Å². The van der Waals surface area contributed by atoms with Crippen molar-refractivity contribution in [3.63, 3.8) is 0 Å². The number of amides is 2. The van der Waals surface area contributed by atoms with E-state index in [-0.39, 0.29) is 30.0 Å². The van der Waals surface area contributed by atoms with Gasteiger partial charge in [-0.05, 0) is 32.6 Å². The Morgan fingerprint density at radius 2 is 2.05 bits per heavy atom. The van der Waals surface area contributed by atoms with Gasteiger partial charge >= 0.3 is 0 Å². The minimum absolute atomic E-state index is 0.154. The van der Waals surface area contributed by atoms with Crippen LogP contribution in [0.15, 0.2) is 0 Å². The van der Waals surface area contributed by atoms with Crippen molar-refractivity contribution in [2.45, 2.75) is 57.7 Å². The lowest BCUT2D eigenvalue weighted by atomic mass is 9.97. The van der Waals surface area contributed by atoms with Gasteiger partial charge in [0.2, 0.25) is 11.8 Å². The molecule has 4 atom stereocenters. The molecule has 3 fully saturated rings. The molecule has 5 heteroatoms. The Morgan fingerprint density at radius 1 is 1.25 bits per heavy atom. The van der Waals surface area contributed by atoms with Gasteiger partial charge < -0.3 is 14.5 Å². The smallest absolute Gasteiger partial charge is 0.246 e. The zero-order valence-corrected chi connectivity index (χ0v) is 12.4. The van der Waals surface area contributed by atoms with Crippen molar-refractivity contribution >= 4 is 11.8 Å². The summed E-state index contributed by atoms with van der Waals surface area (Å²) in [6.45, 7) is 6.26. The van der Waals surface area contributed by atoms with Crippen LogP contribution in [0.25, 0.3) is 0 Å². The van der Waals surface area contributed by atoms with Crippen molar-refractivity contribution in [1.82, 2.24) is 9.80 Å². The van der Waals surface area contributed by atoms with E-state index in [1.807, 2.05) is 16.7 Å². The summed E-state index contributed by atoms with van der Waals surface area (Å²) in [5.74, 6) is 0.683. The number of nitrogens with zero attached hydrogens (tertiary/aromatic N) is 2. The fourth-order valence-corrected chi connectivity index (χ4v) is 3.84. The van der Waals surface area contributed by atoms with Gasteiger partial charge in [0, 0.05) is 25.6 Å². The summed E-state index contributed by atoms with van der Waals surface area (Å²) in [6, 6.07) is -0.451. The Hall–Kier alpha value is -1.10. The van der Waals surface area contributed by atoms with E-state index in [0.29, 0.717) is 18.9 Å². The molecule has 0 aliphatic carbocycles. The van der Waals surface area contributed by atoms with Gasteiger partial charge in [0.1, 0.15) is 12.1 Å². The van der Waals surface area contributed by atoms with E-state index >= 15 is 0 Å². The van der Waals surface area contributed by atoms with Crippen molar-refractivity contribution in [1.29, 1.82) is 0 Å². The molecule has 4 unspecified atom stereocenters. The summed E-state index contributed by atoms with van der Waals surface area (Å²) in [5, 5.41) is 0. The molecule has 0 N–H and O–H groups in total. The SMILES string of the molecule is CCC1C(=O)N2CCCC2C(=O)N1CC1CCOC1C. The fourth-order valence-electron chi connectivity index (χ4n) is 3.84. The molecule has 3 aliphatic heterocycles. The number of fused-ring (bicyclic) bond motifs is 1. The molecule has 3 saturated heterocycles. The molecule has 0 aromatic rings. The number of carbonyl (C=O) groups excluding carboxylic acids is 2. The van der Waals surface area contributed by atoms with E-state index in [1.54, 1.807) is 0 Å². The maximum absolute atomic E-state index is 12.7. The van der Waals surface area contributed by atoms with Crippen LogP contribution in [-0.4, -0.2) is 59.5 Å². The zero-order valence-electron chi connectivity index (χ0n) is 12.4. The summed E-state index contributed by atoms with van der Waals surface area (Å²) < 4.78 is 5.59. The number of hydrogen-bond acceptors (Lipinski definition) is 3. The second-order valence-corrected chi connectivity index (χ2v) is 6.23. The van der Waals surface area contributed by atoms with Crippen LogP contribution in [0.2, 0.25) is 0 Å². The summed E-state index contributed by atoms with van der Waals surface area (Å²) in [6.07, 6.45) is 3.67. The van der Waals surface area contributed by atoms with Crippen LogP contribution in [-0.2, 0) is 14.3 Å². The number of ether oxygens (including phenoxy) is 1. The Balaban J connectivity index is 1.79. The Labute approximate surface area is 120 Å². The predicted octanol–water partition coefficient (Wildman–Crippen LogP) is 1.02. The highest BCUT2D eigenvalue weighted by Gasteiger charge is 2.47. The summed E-state index contributed by atoms with van der Waals surface area (Å²) in [5.41, 5.74) is 0. The van der Waals surface area contributed by atoms with Crippen molar-refractivity contribution < 1.29 is 14.3 Å².